The lowest BCUT2D eigenvalue weighted by Gasteiger charge is -2.39. The fourth-order valence-electron chi connectivity index (χ4n) is 6.47. The van der Waals surface area contributed by atoms with Crippen LogP contribution in [0.25, 0.3) is 10.9 Å². The maximum atomic E-state index is 14.2. The zero-order valence-corrected chi connectivity index (χ0v) is 22.8. The third-order valence-corrected chi connectivity index (χ3v) is 9.15. The highest BCUT2D eigenvalue weighted by atomic mass is 79.9. The topological polar surface area (TPSA) is 89.6 Å². The predicted molar refractivity (Wildman–Crippen MR) is 152 cm³/mol. The van der Waals surface area contributed by atoms with E-state index in [0.29, 0.717) is 38.0 Å². The van der Waals surface area contributed by atoms with Crippen LogP contribution in [0.4, 0.5) is 11.4 Å². The molecule has 4 heterocycles. The SMILES string of the molecule is O=C(c1ccc2[nH]ncc2c1)N1CCC2(CC1)C(=O)N(CC(=O)N1CCc3ccccc31)c1cccc(Br)c12. The van der Waals surface area contributed by atoms with Gasteiger partial charge in [0, 0.05) is 52.0 Å². The van der Waals surface area contributed by atoms with Gasteiger partial charge in [-0.3, -0.25) is 19.5 Å². The number of hydrogen-bond acceptors (Lipinski definition) is 4. The monoisotopic (exact) mass is 583 g/mol. The van der Waals surface area contributed by atoms with Crippen molar-refractivity contribution in [3.63, 3.8) is 0 Å². The summed E-state index contributed by atoms with van der Waals surface area (Å²) in [4.78, 5) is 46.3. The Hall–Kier alpha value is -3.98. The zero-order chi connectivity index (χ0) is 26.7. The fraction of sp³-hybridized carbons (Fsp3) is 0.267. The molecule has 0 bridgehead atoms. The first kappa shape index (κ1) is 24.1. The molecule has 3 aromatic carbocycles. The minimum atomic E-state index is -0.774. The van der Waals surface area contributed by atoms with Crippen LogP contribution >= 0.6 is 15.9 Å². The summed E-state index contributed by atoms with van der Waals surface area (Å²) < 4.78 is 0.861. The number of nitrogens with zero attached hydrogens (tertiary/aromatic N) is 4. The van der Waals surface area contributed by atoms with Crippen molar-refractivity contribution in [3.05, 3.63) is 88.0 Å². The van der Waals surface area contributed by atoms with Crippen LogP contribution in [0.5, 0.6) is 0 Å². The average molecular weight is 584 g/mol. The summed E-state index contributed by atoms with van der Waals surface area (Å²) in [6.45, 7) is 1.52. The second kappa shape index (κ2) is 9.05. The van der Waals surface area contributed by atoms with Crippen LogP contribution in [0, 0.1) is 0 Å². The van der Waals surface area contributed by atoms with Crippen molar-refractivity contribution in [1.82, 2.24) is 15.1 Å². The number of rotatable bonds is 3. The minimum absolute atomic E-state index is 0.00820. The van der Waals surface area contributed by atoms with Crippen molar-refractivity contribution in [2.45, 2.75) is 24.7 Å². The van der Waals surface area contributed by atoms with Gasteiger partial charge in [0.1, 0.15) is 6.54 Å². The van der Waals surface area contributed by atoms with Gasteiger partial charge in [-0.05, 0) is 61.2 Å². The summed E-state index contributed by atoms with van der Waals surface area (Å²) in [7, 11) is 0. The molecule has 0 aliphatic carbocycles. The van der Waals surface area contributed by atoms with Gasteiger partial charge in [-0.25, -0.2) is 0 Å². The second-order valence-corrected chi connectivity index (χ2v) is 11.4. The van der Waals surface area contributed by atoms with E-state index in [1.807, 2.05) is 65.6 Å². The molecule has 196 valence electrons. The number of aromatic nitrogens is 2. The van der Waals surface area contributed by atoms with Gasteiger partial charge in [-0.15, -0.1) is 0 Å². The zero-order valence-electron chi connectivity index (χ0n) is 21.2. The van der Waals surface area contributed by atoms with Crippen molar-refractivity contribution >= 4 is 55.9 Å². The molecule has 8 nitrogen and oxygen atoms in total. The molecule has 0 atom stereocenters. The number of benzene rings is 3. The Morgan fingerprint density at radius 1 is 0.974 bits per heavy atom. The number of H-pyrrole nitrogens is 1. The van der Waals surface area contributed by atoms with Crippen LogP contribution in [-0.4, -0.2) is 59.0 Å². The Morgan fingerprint density at radius 2 is 1.77 bits per heavy atom. The van der Waals surface area contributed by atoms with Gasteiger partial charge in [-0.2, -0.15) is 5.10 Å². The van der Waals surface area contributed by atoms with E-state index >= 15 is 0 Å². The number of hydrogen-bond donors (Lipinski definition) is 1. The number of para-hydroxylation sites is 1. The smallest absolute Gasteiger partial charge is 0.253 e. The van der Waals surface area contributed by atoms with Gasteiger partial charge in [0.15, 0.2) is 0 Å². The summed E-state index contributed by atoms with van der Waals surface area (Å²) in [5, 5.41) is 7.84. The van der Waals surface area contributed by atoms with Crippen LogP contribution in [0.2, 0.25) is 0 Å². The third-order valence-electron chi connectivity index (χ3n) is 8.49. The molecule has 3 aliphatic heterocycles. The number of likely N-dealkylation sites (tertiary alicyclic amines) is 1. The van der Waals surface area contributed by atoms with E-state index in [1.54, 1.807) is 16.0 Å². The molecule has 0 radical (unpaired) electrons. The first-order chi connectivity index (χ1) is 19.0. The predicted octanol–water partition coefficient (Wildman–Crippen LogP) is 4.44. The molecular weight excluding hydrogens is 558 g/mol. The van der Waals surface area contributed by atoms with Gasteiger partial charge in [0.25, 0.3) is 5.91 Å². The summed E-state index contributed by atoms with van der Waals surface area (Å²) in [5.41, 5.74) is 4.51. The van der Waals surface area contributed by atoms with E-state index in [9.17, 15) is 14.4 Å². The highest BCUT2D eigenvalue weighted by Gasteiger charge is 2.54. The van der Waals surface area contributed by atoms with Gasteiger partial charge in [0.2, 0.25) is 11.8 Å². The van der Waals surface area contributed by atoms with Crippen molar-refractivity contribution in [2.24, 2.45) is 0 Å². The number of aromatic amines is 1. The lowest BCUT2D eigenvalue weighted by Crippen LogP contribution is -2.51. The molecule has 39 heavy (non-hydrogen) atoms. The van der Waals surface area contributed by atoms with Gasteiger partial charge < -0.3 is 14.7 Å². The van der Waals surface area contributed by atoms with E-state index in [2.05, 4.69) is 26.1 Å². The fourth-order valence-corrected chi connectivity index (χ4v) is 7.21. The number of carbonyl (C=O) groups is 3. The van der Waals surface area contributed by atoms with Crippen molar-refractivity contribution in [1.29, 1.82) is 0 Å². The number of piperidine rings is 1. The number of carbonyl (C=O) groups excluding carboxylic acids is 3. The highest BCUT2D eigenvalue weighted by molar-refractivity contribution is 9.10. The van der Waals surface area contributed by atoms with E-state index in [4.69, 9.17) is 0 Å². The Labute approximate surface area is 233 Å². The molecule has 1 N–H and O–H groups in total. The van der Waals surface area contributed by atoms with Crippen LogP contribution < -0.4 is 9.80 Å². The lowest BCUT2D eigenvalue weighted by molar-refractivity contribution is -0.126. The first-order valence-corrected chi connectivity index (χ1v) is 14.0. The molecule has 3 amide bonds. The number of nitrogens with one attached hydrogen (secondary N) is 1. The summed E-state index contributed by atoms with van der Waals surface area (Å²) in [6.07, 6.45) is 3.52. The molecule has 0 unspecified atom stereocenters. The Kier molecular flexibility index (Phi) is 5.59. The number of halogens is 1. The van der Waals surface area contributed by atoms with Gasteiger partial charge in [-0.1, -0.05) is 40.2 Å². The molecule has 3 aliphatic rings. The first-order valence-electron chi connectivity index (χ1n) is 13.2. The molecular formula is C30H26BrN5O3. The maximum absolute atomic E-state index is 14.2. The van der Waals surface area contributed by atoms with Crippen LogP contribution in [0.3, 0.4) is 0 Å². The Morgan fingerprint density at radius 3 is 2.62 bits per heavy atom. The van der Waals surface area contributed by atoms with Crippen LogP contribution in [-0.2, 0) is 21.4 Å². The Bertz CT molecular complexity index is 1660. The van der Waals surface area contributed by atoms with Crippen LogP contribution in [0.15, 0.2) is 71.3 Å². The molecule has 4 aromatic rings. The van der Waals surface area contributed by atoms with Gasteiger partial charge >= 0.3 is 0 Å². The summed E-state index contributed by atoms with van der Waals surface area (Å²) in [6, 6.07) is 19.2. The summed E-state index contributed by atoms with van der Waals surface area (Å²) >= 11 is 3.70. The normalized spacial score (nSPS) is 17.7. The molecule has 0 saturated carbocycles. The molecule has 1 aromatic heterocycles. The van der Waals surface area contributed by atoms with E-state index in [-0.39, 0.29) is 24.3 Å². The molecule has 1 fully saturated rings. The molecule has 7 rings (SSSR count). The van der Waals surface area contributed by atoms with E-state index in [0.717, 1.165) is 44.3 Å². The average Bonchev–Trinajstić information content (AvgIpc) is 3.66. The third kappa shape index (κ3) is 3.71. The number of amides is 3. The highest BCUT2D eigenvalue weighted by Crippen LogP contribution is 2.51. The van der Waals surface area contributed by atoms with Crippen molar-refractivity contribution in [2.75, 3.05) is 36.0 Å². The summed E-state index contributed by atoms with van der Waals surface area (Å²) in [5.74, 6) is -0.193. The quantitative estimate of drug-likeness (QED) is 0.386. The second-order valence-electron chi connectivity index (χ2n) is 10.5. The molecule has 1 spiro atoms. The van der Waals surface area contributed by atoms with E-state index < -0.39 is 5.41 Å². The minimum Gasteiger partial charge on any atom is -0.339 e. The van der Waals surface area contributed by atoms with Gasteiger partial charge in [0.05, 0.1) is 17.1 Å². The van der Waals surface area contributed by atoms with Crippen molar-refractivity contribution < 1.29 is 14.4 Å². The van der Waals surface area contributed by atoms with E-state index in [1.165, 1.54) is 0 Å². The number of fused-ring (bicyclic) bond motifs is 4. The molecule has 1 saturated heterocycles. The molecule has 9 heteroatoms. The standard InChI is InChI=1S/C30H26BrN5O3/c31-22-5-3-7-25-27(22)30(29(39)36(25)18-26(37)35-13-10-19-4-1-2-6-24(19)35)11-14-34(15-12-30)28(38)20-8-9-23-21(16-20)17-32-33-23/h1-9,16-17H,10-15,18H2,(H,32,33). The van der Waals surface area contributed by atoms with Crippen molar-refractivity contribution in [3.8, 4) is 0 Å². The maximum Gasteiger partial charge on any atom is 0.253 e. The Balaban J connectivity index is 1.14. The number of anilines is 2. The lowest BCUT2D eigenvalue weighted by atomic mass is 9.73. The van der Waals surface area contributed by atoms with Crippen LogP contribution in [0.1, 0.15) is 34.3 Å². The largest absolute Gasteiger partial charge is 0.339 e.